The average Bonchev–Trinajstić information content (AvgIpc) is 3.14. The molecule has 1 unspecified atom stereocenters. The van der Waals surface area contributed by atoms with E-state index in [1.165, 1.54) is 22.9 Å². The maximum Gasteiger partial charge on any atom is 0.333 e. The zero-order valence-corrected chi connectivity index (χ0v) is 18.2. The van der Waals surface area contributed by atoms with E-state index in [1.54, 1.807) is 6.92 Å². The summed E-state index contributed by atoms with van der Waals surface area (Å²) in [6.45, 7) is 3.96. The van der Waals surface area contributed by atoms with Crippen LogP contribution >= 0.6 is 12.0 Å². The van der Waals surface area contributed by atoms with Crippen LogP contribution in [0.4, 0.5) is 5.69 Å². The van der Waals surface area contributed by atoms with Gasteiger partial charge >= 0.3 is 5.97 Å². The number of ether oxygens (including phenoxy) is 1. The van der Waals surface area contributed by atoms with Gasteiger partial charge in [0, 0.05) is 55.2 Å². The number of aliphatic carboxylic acids is 1. The van der Waals surface area contributed by atoms with E-state index in [0.717, 1.165) is 36.5 Å². The first kappa shape index (κ1) is 22.1. The van der Waals surface area contributed by atoms with Crippen LogP contribution in [0, 0.1) is 0 Å². The van der Waals surface area contributed by atoms with E-state index in [0.29, 0.717) is 13.0 Å². The van der Waals surface area contributed by atoms with Gasteiger partial charge in [0.2, 0.25) is 0 Å². The Labute approximate surface area is 181 Å². The molecule has 0 saturated heterocycles. The molecule has 160 valence electrons. The summed E-state index contributed by atoms with van der Waals surface area (Å²) in [6, 6.07) is 16.1. The van der Waals surface area contributed by atoms with Crippen LogP contribution in [-0.4, -0.2) is 41.2 Å². The van der Waals surface area contributed by atoms with Crippen molar-refractivity contribution in [3.63, 3.8) is 0 Å². The van der Waals surface area contributed by atoms with Crippen LogP contribution in [0.5, 0.6) is 5.75 Å². The number of hydrogen-bond donors (Lipinski definition) is 2. The van der Waals surface area contributed by atoms with Gasteiger partial charge in [-0.2, -0.15) is 0 Å². The lowest BCUT2D eigenvalue weighted by Gasteiger charge is -2.13. The van der Waals surface area contributed by atoms with Gasteiger partial charge in [0.15, 0.2) is 6.10 Å². The highest BCUT2D eigenvalue weighted by atomic mass is 32.2. The van der Waals surface area contributed by atoms with Crippen molar-refractivity contribution >= 4 is 34.6 Å². The minimum Gasteiger partial charge on any atom is -0.479 e. The van der Waals surface area contributed by atoms with Crippen LogP contribution in [-0.2, 0) is 22.5 Å². The molecular weight excluding hydrogens is 400 g/mol. The lowest BCUT2D eigenvalue weighted by molar-refractivity contribution is -0.149. The first-order valence-electron chi connectivity index (χ1n) is 10.1. The van der Waals surface area contributed by atoms with Gasteiger partial charge in [-0.05, 0) is 55.3 Å². The molecule has 2 N–H and O–H groups in total. The van der Waals surface area contributed by atoms with Crippen molar-refractivity contribution in [1.29, 1.82) is 0 Å². The fraction of sp³-hybridized carbons (Fsp3) is 0.348. The molecule has 6 nitrogen and oxygen atoms in total. The molecule has 7 heteroatoms. The summed E-state index contributed by atoms with van der Waals surface area (Å²) in [5, 5.41) is 13.8. The number of carboxylic acids is 1. The molecule has 1 heterocycles. The highest BCUT2D eigenvalue weighted by Crippen LogP contribution is 2.24. The van der Waals surface area contributed by atoms with E-state index in [9.17, 15) is 9.90 Å². The van der Waals surface area contributed by atoms with Gasteiger partial charge in [-0.1, -0.05) is 12.1 Å². The number of anilines is 1. The number of aryl methyl sites for hydroxylation is 1. The highest BCUT2D eigenvalue weighted by molar-refractivity contribution is 7.94. The third-order valence-corrected chi connectivity index (χ3v) is 5.20. The van der Waals surface area contributed by atoms with Gasteiger partial charge < -0.3 is 23.9 Å². The number of nitrogens with one attached hydrogen (secondary N) is 1. The van der Waals surface area contributed by atoms with Gasteiger partial charge in [-0.3, -0.25) is 0 Å². The number of aromatic nitrogens is 1. The summed E-state index contributed by atoms with van der Waals surface area (Å²) in [5.41, 5.74) is 3.18. The SMILES string of the molecule is CCOC(Cc1ccc(NCCCn2ccc3cc(OSC)ccc32)cc1)C(=O)O. The van der Waals surface area contributed by atoms with Crippen molar-refractivity contribution in [2.75, 3.05) is 24.7 Å². The zero-order chi connectivity index (χ0) is 21.3. The Morgan fingerprint density at radius 1 is 1.20 bits per heavy atom. The monoisotopic (exact) mass is 428 g/mol. The molecule has 0 radical (unpaired) electrons. The maximum atomic E-state index is 11.2. The van der Waals surface area contributed by atoms with Crippen LogP contribution in [0.25, 0.3) is 10.9 Å². The second-order valence-corrected chi connectivity index (χ2v) is 7.44. The summed E-state index contributed by atoms with van der Waals surface area (Å²) < 4.78 is 13.0. The fourth-order valence-electron chi connectivity index (χ4n) is 3.39. The van der Waals surface area contributed by atoms with Crippen LogP contribution in [0.1, 0.15) is 18.9 Å². The predicted octanol–water partition coefficient (Wildman–Crippen LogP) is 4.83. The molecule has 0 amide bonds. The van der Waals surface area contributed by atoms with Gasteiger partial charge in [0.05, 0.1) is 12.0 Å². The molecule has 1 aromatic heterocycles. The molecule has 0 saturated carbocycles. The molecule has 1 atom stereocenters. The second-order valence-electron chi connectivity index (χ2n) is 6.94. The number of nitrogens with zero attached hydrogens (tertiary/aromatic N) is 1. The van der Waals surface area contributed by atoms with E-state index >= 15 is 0 Å². The zero-order valence-electron chi connectivity index (χ0n) is 17.3. The van der Waals surface area contributed by atoms with Crippen molar-refractivity contribution in [2.45, 2.75) is 32.4 Å². The molecule has 0 aliphatic heterocycles. The lowest BCUT2D eigenvalue weighted by atomic mass is 10.1. The number of hydrogen-bond acceptors (Lipinski definition) is 5. The van der Waals surface area contributed by atoms with Crippen molar-refractivity contribution < 1.29 is 18.8 Å². The van der Waals surface area contributed by atoms with Crippen molar-refractivity contribution in [3.8, 4) is 5.75 Å². The first-order valence-corrected chi connectivity index (χ1v) is 11.2. The molecule has 3 aromatic rings. The number of fused-ring (bicyclic) bond motifs is 1. The van der Waals surface area contributed by atoms with Crippen molar-refractivity contribution in [2.24, 2.45) is 0 Å². The second kappa shape index (κ2) is 10.9. The molecular formula is C23H28N2O4S. The van der Waals surface area contributed by atoms with Gasteiger partial charge in [-0.25, -0.2) is 4.79 Å². The number of carboxylic acid groups (broad SMARTS) is 1. The largest absolute Gasteiger partial charge is 0.479 e. The molecule has 0 aliphatic carbocycles. The third-order valence-electron chi connectivity index (χ3n) is 4.85. The normalized spacial score (nSPS) is 12.1. The number of benzene rings is 2. The molecule has 0 fully saturated rings. The van der Waals surface area contributed by atoms with Gasteiger partial charge in [-0.15, -0.1) is 0 Å². The Balaban J connectivity index is 1.47. The Kier molecular flexibility index (Phi) is 8.04. The molecule has 2 aromatic carbocycles. The average molecular weight is 429 g/mol. The van der Waals surface area contributed by atoms with E-state index in [4.69, 9.17) is 8.92 Å². The summed E-state index contributed by atoms with van der Waals surface area (Å²) in [7, 11) is 0. The Morgan fingerprint density at radius 3 is 2.70 bits per heavy atom. The minimum atomic E-state index is -0.926. The van der Waals surface area contributed by atoms with Crippen LogP contribution in [0.3, 0.4) is 0 Å². The number of carbonyl (C=O) groups is 1. The smallest absolute Gasteiger partial charge is 0.333 e. The van der Waals surface area contributed by atoms with Gasteiger partial charge in [0.1, 0.15) is 5.75 Å². The summed E-state index contributed by atoms with van der Waals surface area (Å²) in [4.78, 5) is 11.2. The molecule has 30 heavy (non-hydrogen) atoms. The third kappa shape index (κ3) is 5.93. The van der Waals surface area contributed by atoms with E-state index in [-0.39, 0.29) is 0 Å². The lowest BCUT2D eigenvalue weighted by Crippen LogP contribution is -2.26. The van der Waals surface area contributed by atoms with E-state index in [1.807, 2.05) is 36.6 Å². The quantitative estimate of drug-likeness (QED) is 0.318. The molecule has 3 rings (SSSR count). The standard InChI is InChI=1S/C23H28N2O4S/c1-3-28-22(23(26)27)15-17-5-7-19(8-6-17)24-12-4-13-25-14-11-18-16-20(29-30-2)9-10-21(18)25/h5-11,14,16,22,24H,3-4,12-13,15H2,1-2H3,(H,26,27). The van der Waals surface area contributed by atoms with E-state index < -0.39 is 12.1 Å². The van der Waals surface area contributed by atoms with Gasteiger partial charge in [0.25, 0.3) is 0 Å². The van der Waals surface area contributed by atoms with Crippen molar-refractivity contribution in [1.82, 2.24) is 4.57 Å². The Hall–Kier alpha value is -2.64. The molecule has 0 aliphatic rings. The number of rotatable bonds is 12. The highest BCUT2D eigenvalue weighted by Gasteiger charge is 2.17. The summed E-state index contributed by atoms with van der Waals surface area (Å²) in [6.07, 6.45) is 4.57. The topological polar surface area (TPSA) is 72.7 Å². The minimum absolute atomic E-state index is 0.369. The van der Waals surface area contributed by atoms with E-state index in [2.05, 4.69) is 34.3 Å². The predicted molar refractivity (Wildman–Crippen MR) is 122 cm³/mol. The molecule has 0 bridgehead atoms. The summed E-state index contributed by atoms with van der Waals surface area (Å²) in [5.74, 6) is -0.0571. The van der Waals surface area contributed by atoms with Crippen LogP contribution in [0.2, 0.25) is 0 Å². The van der Waals surface area contributed by atoms with Crippen LogP contribution < -0.4 is 9.50 Å². The summed E-state index contributed by atoms with van der Waals surface area (Å²) >= 11 is 1.34. The maximum absolute atomic E-state index is 11.2. The molecule has 0 spiro atoms. The Morgan fingerprint density at radius 2 is 2.00 bits per heavy atom. The Bertz CT molecular complexity index is 955. The van der Waals surface area contributed by atoms with Crippen LogP contribution in [0.15, 0.2) is 54.7 Å². The fourth-order valence-corrected chi connectivity index (χ4v) is 3.69. The first-order chi connectivity index (χ1) is 14.6. The van der Waals surface area contributed by atoms with Crippen molar-refractivity contribution in [3.05, 3.63) is 60.3 Å².